The van der Waals surface area contributed by atoms with Gasteiger partial charge in [-0.3, -0.25) is 19.9 Å². The fraction of sp³-hybridized carbons (Fsp3) is 0.200. The van der Waals surface area contributed by atoms with Gasteiger partial charge >= 0.3 is 0 Å². The molecule has 198 valence electrons. The Bertz CT molecular complexity index is 1860. The highest BCUT2D eigenvalue weighted by Gasteiger charge is 2.22. The highest BCUT2D eigenvalue weighted by Crippen LogP contribution is 2.34. The fourth-order valence-electron chi connectivity index (χ4n) is 5.46. The molecule has 1 aliphatic carbocycles. The number of H-pyrrole nitrogens is 2. The highest BCUT2D eigenvalue weighted by molar-refractivity contribution is 5.98. The molecule has 0 atom stereocenters. The lowest BCUT2D eigenvalue weighted by atomic mass is 9.88. The van der Waals surface area contributed by atoms with Crippen LogP contribution in [0, 0.1) is 11.7 Å². The monoisotopic (exact) mass is 532 g/mol. The van der Waals surface area contributed by atoms with Crippen molar-refractivity contribution in [3.8, 4) is 33.9 Å². The van der Waals surface area contributed by atoms with Crippen LogP contribution in [0.2, 0.25) is 0 Å². The summed E-state index contributed by atoms with van der Waals surface area (Å²) in [7, 11) is 0. The molecule has 3 N–H and O–H groups in total. The number of amides is 1. The van der Waals surface area contributed by atoms with Crippen LogP contribution in [0.3, 0.4) is 0 Å². The second-order valence-corrected chi connectivity index (χ2v) is 10.1. The predicted molar refractivity (Wildman–Crippen MR) is 151 cm³/mol. The SMILES string of the molecule is O=C(Nc1cncc(-c2cc3c(-c4nc5nccc(-c6ccccn6)c5[nH]4)n[nH]c3cc2F)c1)C1CCCCC1. The van der Waals surface area contributed by atoms with Gasteiger partial charge in [-0.15, -0.1) is 0 Å². The summed E-state index contributed by atoms with van der Waals surface area (Å²) in [5, 5.41) is 11.0. The first kappa shape index (κ1) is 24.1. The first-order chi connectivity index (χ1) is 19.6. The van der Waals surface area contributed by atoms with Crippen molar-refractivity contribution in [2.75, 3.05) is 5.32 Å². The maximum Gasteiger partial charge on any atom is 0.227 e. The fourth-order valence-corrected chi connectivity index (χ4v) is 5.46. The minimum atomic E-state index is -0.427. The molecule has 0 unspecified atom stereocenters. The van der Waals surface area contributed by atoms with Gasteiger partial charge in [-0.25, -0.2) is 14.4 Å². The number of aromatic amines is 2. The van der Waals surface area contributed by atoms with Gasteiger partial charge in [0.25, 0.3) is 0 Å². The number of fused-ring (bicyclic) bond motifs is 2. The van der Waals surface area contributed by atoms with Gasteiger partial charge in [-0.2, -0.15) is 5.10 Å². The molecule has 7 rings (SSSR count). The molecule has 5 heterocycles. The number of aromatic nitrogens is 7. The molecule has 10 heteroatoms. The summed E-state index contributed by atoms with van der Waals surface area (Å²) in [6, 6.07) is 12.5. The van der Waals surface area contributed by atoms with Gasteiger partial charge in [-0.1, -0.05) is 25.3 Å². The molecule has 6 aromatic rings. The maximum absolute atomic E-state index is 15.3. The zero-order valence-corrected chi connectivity index (χ0v) is 21.5. The molecule has 1 saturated carbocycles. The smallest absolute Gasteiger partial charge is 0.227 e. The number of benzene rings is 1. The number of rotatable bonds is 5. The Morgan fingerprint density at radius 3 is 2.73 bits per heavy atom. The topological polar surface area (TPSA) is 125 Å². The van der Waals surface area contributed by atoms with E-state index < -0.39 is 5.82 Å². The van der Waals surface area contributed by atoms with Gasteiger partial charge in [0, 0.05) is 52.7 Å². The summed E-state index contributed by atoms with van der Waals surface area (Å²) >= 11 is 0. The van der Waals surface area contributed by atoms with Crippen molar-refractivity contribution in [1.82, 2.24) is 35.1 Å². The molecule has 0 bridgehead atoms. The van der Waals surface area contributed by atoms with Crippen molar-refractivity contribution < 1.29 is 9.18 Å². The minimum Gasteiger partial charge on any atom is -0.335 e. The summed E-state index contributed by atoms with van der Waals surface area (Å²) in [4.78, 5) is 33.9. The number of anilines is 1. The van der Waals surface area contributed by atoms with E-state index in [1.807, 2.05) is 24.3 Å². The number of pyridine rings is 3. The van der Waals surface area contributed by atoms with E-state index in [0.717, 1.165) is 42.5 Å². The van der Waals surface area contributed by atoms with Gasteiger partial charge in [-0.05, 0) is 43.2 Å². The second kappa shape index (κ2) is 9.96. The van der Waals surface area contributed by atoms with Crippen molar-refractivity contribution in [1.29, 1.82) is 0 Å². The van der Waals surface area contributed by atoms with E-state index in [1.165, 1.54) is 12.5 Å². The zero-order valence-electron chi connectivity index (χ0n) is 21.5. The molecule has 5 aromatic heterocycles. The van der Waals surface area contributed by atoms with Gasteiger partial charge in [0.15, 0.2) is 11.5 Å². The van der Waals surface area contributed by atoms with Crippen LogP contribution in [0.15, 0.2) is 67.3 Å². The molecule has 1 amide bonds. The van der Waals surface area contributed by atoms with E-state index in [1.54, 1.807) is 36.9 Å². The first-order valence-corrected chi connectivity index (χ1v) is 13.3. The van der Waals surface area contributed by atoms with Crippen LogP contribution in [-0.4, -0.2) is 41.0 Å². The third-order valence-electron chi connectivity index (χ3n) is 7.50. The van der Waals surface area contributed by atoms with Gasteiger partial charge in [0.05, 0.1) is 28.6 Å². The number of carbonyl (C=O) groups excluding carboxylic acids is 1. The predicted octanol–water partition coefficient (Wildman–Crippen LogP) is 6.28. The van der Waals surface area contributed by atoms with Crippen molar-refractivity contribution in [3.63, 3.8) is 0 Å². The lowest BCUT2D eigenvalue weighted by molar-refractivity contribution is -0.120. The lowest BCUT2D eigenvalue weighted by Crippen LogP contribution is -2.24. The molecular formula is C30H25FN8O. The quantitative estimate of drug-likeness (QED) is 0.240. The van der Waals surface area contributed by atoms with Crippen molar-refractivity contribution in [2.24, 2.45) is 5.92 Å². The van der Waals surface area contributed by atoms with Gasteiger partial charge in [0.2, 0.25) is 5.91 Å². The Morgan fingerprint density at radius 1 is 0.975 bits per heavy atom. The zero-order chi connectivity index (χ0) is 27.1. The van der Waals surface area contributed by atoms with Crippen molar-refractivity contribution in [3.05, 3.63) is 73.1 Å². The summed E-state index contributed by atoms with van der Waals surface area (Å²) in [5.74, 6) is 0.0796. The Labute approximate surface area is 228 Å². The third kappa shape index (κ3) is 4.37. The number of nitrogens with one attached hydrogen (secondary N) is 3. The summed E-state index contributed by atoms with van der Waals surface area (Å²) in [6.45, 7) is 0. The van der Waals surface area contributed by atoms with Crippen LogP contribution < -0.4 is 5.32 Å². The molecule has 0 spiro atoms. The average Bonchev–Trinajstić information content (AvgIpc) is 3.61. The molecule has 1 aromatic carbocycles. The average molecular weight is 533 g/mol. The van der Waals surface area contributed by atoms with Gasteiger partial charge in [0.1, 0.15) is 11.5 Å². The molecule has 1 aliphatic rings. The molecule has 0 saturated heterocycles. The number of halogens is 1. The van der Waals surface area contributed by atoms with Crippen LogP contribution in [0.4, 0.5) is 10.1 Å². The summed E-state index contributed by atoms with van der Waals surface area (Å²) in [5.41, 5.74) is 5.45. The number of carbonyl (C=O) groups is 1. The second-order valence-electron chi connectivity index (χ2n) is 10.1. The van der Waals surface area contributed by atoms with Gasteiger partial charge < -0.3 is 10.3 Å². The number of nitrogens with zero attached hydrogens (tertiary/aromatic N) is 5. The van der Waals surface area contributed by atoms with Crippen LogP contribution in [0.1, 0.15) is 32.1 Å². The van der Waals surface area contributed by atoms with E-state index in [9.17, 15) is 4.79 Å². The first-order valence-electron chi connectivity index (χ1n) is 13.3. The van der Waals surface area contributed by atoms with E-state index in [-0.39, 0.29) is 11.8 Å². The van der Waals surface area contributed by atoms with Crippen LogP contribution in [0.25, 0.3) is 56.0 Å². The van der Waals surface area contributed by atoms with Crippen molar-refractivity contribution >= 4 is 33.7 Å². The van der Waals surface area contributed by atoms with E-state index >= 15 is 4.39 Å². The number of imidazole rings is 1. The summed E-state index contributed by atoms with van der Waals surface area (Å²) < 4.78 is 15.3. The van der Waals surface area contributed by atoms with E-state index in [0.29, 0.717) is 44.9 Å². The largest absolute Gasteiger partial charge is 0.335 e. The minimum absolute atomic E-state index is 0.00439. The third-order valence-corrected chi connectivity index (χ3v) is 7.50. The van der Waals surface area contributed by atoms with Crippen LogP contribution in [0.5, 0.6) is 0 Å². The van der Waals surface area contributed by atoms with E-state index in [2.05, 4.69) is 40.4 Å². The van der Waals surface area contributed by atoms with Crippen LogP contribution >= 0.6 is 0 Å². The standard InChI is InChI=1S/C30H25FN8O/c31-23-14-25-22(13-21(23)18-12-19(16-32-15-18)35-30(40)17-6-2-1-3-7-17)27(39-38-25)29-36-26-20(9-11-34-28(26)37-29)24-8-4-5-10-33-24/h4-5,8-17H,1-3,6-7H2,(H,35,40)(H,38,39)(H,34,36,37). The van der Waals surface area contributed by atoms with Crippen molar-refractivity contribution in [2.45, 2.75) is 32.1 Å². The Hall–Kier alpha value is -4.99. The molecule has 40 heavy (non-hydrogen) atoms. The lowest BCUT2D eigenvalue weighted by Gasteiger charge is -2.20. The van der Waals surface area contributed by atoms with E-state index in [4.69, 9.17) is 0 Å². The van der Waals surface area contributed by atoms with Crippen LogP contribution in [-0.2, 0) is 4.79 Å². The Kier molecular flexibility index (Phi) is 5.99. The normalized spacial score (nSPS) is 14.1. The molecule has 0 radical (unpaired) electrons. The maximum atomic E-state index is 15.3. The number of hydrogen-bond donors (Lipinski definition) is 3. The molecule has 0 aliphatic heterocycles. The molecule has 9 nitrogen and oxygen atoms in total. The number of hydrogen-bond acceptors (Lipinski definition) is 6. The highest BCUT2D eigenvalue weighted by atomic mass is 19.1. The summed E-state index contributed by atoms with van der Waals surface area (Å²) in [6.07, 6.45) is 11.7. The molecule has 1 fully saturated rings. The Balaban J connectivity index is 1.25. The Morgan fingerprint density at radius 2 is 1.88 bits per heavy atom. The molecular weight excluding hydrogens is 507 g/mol.